The molecule has 1 aromatic carbocycles. The third kappa shape index (κ3) is 2.22. The third-order valence-corrected chi connectivity index (χ3v) is 2.96. The summed E-state index contributed by atoms with van der Waals surface area (Å²) in [6, 6.07) is 9.61. The van der Waals surface area contributed by atoms with E-state index in [4.69, 9.17) is 10.3 Å². The van der Waals surface area contributed by atoms with E-state index in [1.54, 1.807) is 6.20 Å². The van der Waals surface area contributed by atoms with Gasteiger partial charge in [-0.3, -0.25) is 4.98 Å². The number of nitrogens with zero attached hydrogens (tertiary/aromatic N) is 2. The van der Waals surface area contributed by atoms with Crippen molar-refractivity contribution in [1.82, 2.24) is 10.1 Å². The van der Waals surface area contributed by atoms with Crippen LogP contribution in [0.15, 0.2) is 41.1 Å². The maximum atomic E-state index is 6.14. The van der Waals surface area contributed by atoms with Crippen LogP contribution in [0.3, 0.4) is 0 Å². The monoisotopic (exact) mass is 254 g/mol. The van der Waals surface area contributed by atoms with Crippen LogP contribution < -0.4 is 11.1 Å². The van der Waals surface area contributed by atoms with Crippen molar-refractivity contribution in [2.75, 3.05) is 11.1 Å². The smallest absolute Gasteiger partial charge is 0.133 e. The number of hydrogen-bond acceptors (Lipinski definition) is 5. The second-order valence-electron chi connectivity index (χ2n) is 4.38. The van der Waals surface area contributed by atoms with Gasteiger partial charge in [0.25, 0.3) is 0 Å². The number of hydrogen-bond donors (Lipinski definition) is 2. The van der Waals surface area contributed by atoms with Crippen molar-refractivity contribution in [3.05, 3.63) is 48.0 Å². The molecule has 3 aromatic rings. The average molecular weight is 254 g/mol. The van der Waals surface area contributed by atoms with Crippen molar-refractivity contribution in [3.8, 4) is 0 Å². The number of aromatic nitrogens is 2. The van der Waals surface area contributed by atoms with Crippen LogP contribution in [-0.4, -0.2) is 10.1 Å². The molecule has 0 bridgehead atoms. The van der Waals surface area contributed by atoms with Crippen LogP contribution in [0, 0.1) is 6.92 Å². The van der Waals surface area contributed by atoms with Gasteiger partial charge >= 0.3 is 0 Å². The van der Waals surface area contributed by atoms with Crippen molar-refractivity contribution in [2.45, 2.75) is 13.5 Å². The predicted octanol–water partition coefficient (Wildman–Crippen LogP) is 2.73. The molecule has 19 heavy (non-hydrogen) atoms. The molecule has 0 fully saturated rings. The van der Waals surface area contributed by atoms with Gasteiger partial charge in [0.05, 0.1) is 23.4 Å². The van der Waals surface area contributed by atoms with Gasteiger partial charge in [-0.2, -0.15) is 0 Å². The van der Waals surface area contributed by atoms with Gasteiger partial charge in [0, 0.05) is 17.6 Å². The summed E-state index contributed by atoms with van der Waals surface area (Å²) in [5.74, 6) is 0.799. The number of rotatable bonds is 3. The van der Waals surface area contributed by atoms with E-state index >= 15 is 0 Å². The summed E-state index contributed by atoms with van der Waals surface area (Å²) >= 11 is 0. The van der Waals surface area contributed by atoms with E-state index < -0.39 is 0 Å². The zero-order chi connectivity index (χ0) is 13.2. The van der Waals surface area contributed by atoms with Crippen LogP contribution in [0.4, 0.5) is 11.4 Å². The molecular weight excluding hydrogens is 240 g/mol. The first-order valence-electron chi connectivity index (χ1n) is 6.03. The van der Waals surface area contributed by atoms with Gasteiger partial charge in [-0.15, -0.1) is 0 Å². The van der Waals surface area contributed by atoms with Gasteiger partial charge in [0.2, 0.25) is 0 Å². The molecule has 96 valence electrons. The van der Waals surface area contributed by atoms with Gasteiger partial charge < -0.3 is 15.6 Å². The summed E-state index contributed by atoms with van der Waals surface area (Å²) in [5, 5.41) is 8.14. The molecule has 0 unspecified atom stereocenters. The lowest BCUT2D eigenvalue weighted by Gasteiger charge is -2.10. The zero-order valence-corrected chi connectivity index (χ0v) is 10.6. The number of nitrogens with one attached hydrogen (secondary N) is 1. The van der Waals surface area contributed by atoms with Crippen molar-refractivity contribution in [1.29, 1.82) is 0 Å². The van der Waals surface area contributed by atoms with Gasteiger partial charge in [-0.05, 0) is 31.2 Å². The Morgan fingerprint density at radius 1 is 1.32 bits per heavy atom. The molecule has 0 aliphatic heterocycles. The van der Waals surface area contributed by atoms with Crippen molar-refractivity contribution < 1.29 is 4.52 Å². The van der Waals surface area contributed by atoms with Crippen LogP contribution in [0.2, 0.25) is 0 Å². The van der Waals surface area contributed by atoms with Crippen LogP contribution in [-0.2, 0) is 6.54 Å². The first-order valence-corrected chi connectivity index (χ1v) is 6.03. The van der Waals surface area contributed by atoms with Crippen molar-refractivity contribution in [2.24, 2.45) is 0 Å². The SMILES string of the molecule is Cc1cc(CNc2ccc3ncccc3c2N)no1. The lowest BCUT2D eigenvalue weighted by atomic mass is 10.1. The fourth-order valence-corrected chi connectivity index (χ4v) is 2.02. The van der Waals surface area contributed by atoms with Gasteiger partial charge in [0.1, 0.15) is 11.5 Å². The second-order valence-corrected chi connectivity index (χ2v) is 4.38. The fraction of sp³-hybridized carbons (Fsp3) is 0.143. The highest BCUT2D eigenvalue weighted by molar-refractivity contribution is 5.96. The van der Waals surface area contributed by atoms with Crippen molar-refractivity contribution in [3.63, 3.8) is 0 Å². The summed E-state index contributed by atoms with van der Waals surface area (Å²) in [7, 11) is 0. The van der Waals surface area contributed by atoms with E-state index in [1.165, 1.54) is 0 Å². The highest BCUT2D eigenvalue weighted by Gasteiger charge is 2.06. The molecule has 0 saturated carbocycles. The predicted molar refractivity (Wildman–Crippen MR) is 74.7 cm³/mol. The van der Waals surface area contributed by atoms with E-state index in [0.717, 1.165) is 28.0 Å². The molecule has 0 saturated heterocycles. The molecule has 0 aliphatic rings. The van der Waals surface area contributed by atoms with Crippen LogP contribution in [0.5, 0.6) is 0 Å². The Morgan fingerprint density at radius 3 is 3.00 bits per heavy atom. The van der Waals surface area contributed by atoms with Crippen molar-refractivity contribution >= 4 is 22.3 Å². The molecule has 0 atom stereocenters. The molecule has 3 rings (SSSR count). The minimum Gasteiger partial charge on any atom is -0.397 e. The van der Waals surface area contributed by atoms with E-state index in [0.29, 0.717) is 12.2 Å². The van der Waals surface area contributed by atoms with Crippen LogP contribution in [0.1, 0.15) is 11.5 Å². The number of nitrogens with two attached hydrogens (primary N) is 1. The zero-order valence-electron chi connectivity index (χ0n) is 10.6. The Bertz CT molecular complexity index is 720. The van der Waals surface area contributed by atoms with Gasteiger partial charge in [-0.1, -0.05) is 5.16 Å². The summed E-state index contributed by atoms with van der Waals surface area (Å²) in [4.78, 5) is 4.27. The molecule has 0 spiro atoms. The lowest BCUT2D eigenvalue weighted by molar-refractivity contribution is 0.391. The van der Waals surface area contributed by atoms with Crippen LogP contribution in [0.25, 0.3) is 10.9 Å². The molecule has 0 aliphatic carbocycles. The summed E-state index contributed by atoms with van der Waals surface area (Å²) in [6.45, 7) is 2.44. The first kappa shape index (κ1) is 11.5. The highest BCUT2D eigenvalue weighted by Crippen LogP contribution is 2.27. The number of benzene rings is 1. The average Bonchev–Trinajstić information content (AvgIpc) is 2.84. The summed E-state index contributed by atoms with van der Waals surface area (Å²) in [6.07, 6.45) is 1.76. The molecule has 2 aromatic heterocycles. The Kier molecular flexibility index (Phi) is 2.79. The van der Waals surface area contributed by atoms with E-state index in [-0.39, 0.29) is 0 Å². The van der Waals surface area contributed by atoms with E-state index in [2.05, 4.69) is 15.5 Å². The largest absolute Gasteiger partial charge is 0.397 e. The molecular formula is C14H14N4O. The van der Waals surface area contributed by atoms with Gasteiger partial charge in [-0.25, -0.2) is 0 Å². The lowest BCUT2D eigenvalue weighted by Crippen LogP contribution is -2.03. The Hall–Kier alpha value is -2.56. The van der Waals surface area contributed by atoms with E-state index in [9.17, 15) is 0 Å². The topological polar surface area (TPSA) is 77.0 Å². The van der Waals surface area contributed by atoms with E-state index in [1.807, 2.05) is 37.3 Å². The number of fused-ring (bicyclic) bond motifs is 1. The molecule has 2 heterocycles. The summed E-state index contributed by atoms with van der Waals surface area (Å²) < 4.78 is 5.02. The van der Waals surface area contributed by atoms with Gasteiger partial charge in [0.15, 0.2) is 0 Å². The fourth-order valence-electron chi connectivity index (χ4n) is 2.02. The standard InChI is InChI=1S/C14H14N4O/c1-9-7-10(18-19-9)8-17-13-5-4-12-11(14(13)15)3-2-6-16-12/h2-7,17H,8,15H2,1H3. The Labute approximate surface area is 110 Å². The minimum atomic E-state index is 0.577. The summed E-state index contributed by atoms with van der Waals surface area (Å²) in [5.41, 5.74) is 9.46. The van der Waals surface area contributed by atoms with Crippen LogP contribution >= 0.6 is 0 Å². The number of aryl methyl sites for hydroxylation is 1. The Balaban J connectivity index is 1.87. The first-order chi connectivity index (χ1) is 9.24. The molecule has 0 amide bonds. The normalized spacial score (nSPS) is 10.8. The molecule has 0 radical (unpaired) electrons. The third-order valence-electron chi connectivity index (χ3n) is 2.96. The quantitative estimate of drug-likeness (QED) is 0.703. The maximum absolute atomic E-state index is 6.14. The second kappa shape index (κ2) is 4.61. The maximum Gasteiger partial charge on any atom is 0.133 e. The molecule has 5 heteroatoms. The minimum absolute atomic E-state index is 0.577. The number of nitrogen functional groups attached to an aromatic ring is 1. The molecule has 3 N–H and O–H groups in total. The number of anilines is 2. The molecule has 5 nitrogen and oxygen atoms in total. The Morgan fingerprint density at radius 2 is 2.21 bits per heavy atom. The highest BCUT2D eigenvalue weighted by atomic mass is 16.5. The number of pyridine rings is 1.